The molecule has 0 aliphatic carbocycles. The van der Waals surface area contributed by atoms with E-state index in [4.69, 9.17) is 16.3 Å². The lowest BCUT2D eigenvalue weighted by Gasteiger charge is -2.18. The number of carbonyl (C=O) groups is 1. The lowest BCUT2D eigenvalue weighted by atomic mass is 10.1. The largest absolute Gasteiger partial charge is 0.481 e. The molecular formula is C19H22ClNO2. The number of rotatable bonds is 5. The summed E-state index contributed by atoms with van der Waals surface area (Å²) in [6.45, 7) is 8.19. The van der Waals surface area contributed by atoms with Gasteiger partial charge in [-0.05, 0) is 62.1 Å². The summed E-state index contributed by atoms with van der Waals surface area (Å²) in [6.07, 6.45) is -0.572. The van der Waals surface area contributed by atoms with Crippen molar-refractivity contribution in [1.29, 1.82) is 0 Å². The molecular weight excluding hydrogens is 310 g/mol. The van der Waals surface area contributed by atoms with Crippen molar-refractivity contribution in [2.75, 3.05) is 0 Å². The second kappa shape index (κ2) is 7.51. The Balaban J connectivity index is 1.99. The van der Waals surface area contributed by atoms with Gasteiger partial charge in [-0.15, -0.1) is 0 Å². The number of nitrogens with one attached hydrogen (secondary N) is 1. The first-order valence-electron chi connectivity index (χ1n) is 7.64. The molecule has 1 amide bonds. The van der Waals surface area contributed by atoms with Crippen LogP contribution in [0.15, 0.2) is 36.4 Å². The molecule has 0 saturated carbocycles. The first-order chi connectivity index (χ1) is 10.9. The van der Waals surface area contributed by atoms with Crippen LogP contribution in [-0.4, -0.2) is 12.0 Å². The molecule has 0 aliphatic rings. The summed E-state index contributed by atoms with van der Waals surface area (Å²) in [5.74, 6) is 0.589. The number of halogens is 1. The Morgan fingerprint density at radius 3 is 2.61 bits per heavy atom. The summed E-state index contributed by atoms with van der Waals surface area (Å²) >= 11 is 6.09. The summed E-state index contributed by atoms with van der Waals surface area (Å²) in [4.78, 5) is 12.2. The van der Waals surface area contributed by atoms with Crippen LogP contribution in [0.3, 0.4) is 0 Å². The van der Waals surface area contributed by atoms with Crippen molar-refractivity contribution in [1.82, 2.24) is 5.32 Å². The molecule has 0 aliphatic heterocycles. The van der Waals surface area contributed by atoms with E-state index in [-0.39, 0.29) is 5.91 Å². The van der Waals surface area contributed by atoms with Crippen LogP contribution in [0, 0.1) is 20.8 Å². The molecule has 1 N–H and O–H groups in total. The van der Waals surface area contributed by atoms with E-state index in [2.05, 4.69) is 11.4 Å². The summed E-state index contributed by atoms with van der Waals surface area (Å²) in [7, 11) is 0. The number of aryl methyl sites for hydroxylation is 2. The average Bonchev–Trinajstić information content (AvgIpc) is 2.51. The van der Waals surface area contributed by atoms with Crippen molar-refractivity contribution in [3.63, 3.8) is 0 Å². The highest BCUT2D eigenvalue weighted by Crippen LogP contribution is 2.24. The molecule has 23 heavy (non-hydrogen) atoms. The Kier molecular flexibility index (Phi) is 5.67. The molecule has 2 aromatic rings. The standard InChI is InChI=1S/C19H22ClNO2/c1-12-9-13(2)14(3)18(10-12)23-15(4)19(22)21-11-16-7-5-6-8-17(16)20/h5-10,15H,11H2,1-4H3,(H,21,22)/t15-/m0/s1. The van der Waals surface area contributed by atoms with Crippen LogP contribution in [0.2, 0.25) is 5.02 Å². The summed E-state index contributed by atoms with van der Waals surface area (Å²) in [5.41, 5.74) is 4.22. The molecule has 122 valence electrons. The van der Waals surface area contributed by atoms with E-state index < -0.39 is 6.10 Å². The average molecular weight is 332 g/mol. The molecule has 2 aromatic carbocycles. The van der Waals surface area contributed by atoms with Gasteiger partial charge in [0.25, 0.3) is 5.91 Å². The molecule has 0 bridgehead atoms. The molecule has 0 radical (unpaired) electrons. The monoisotopic (exact) mass is 331 g/mol. The van der Waals surface area contributed by atoms with E-state index in [9.17, 15) is 4.79 Å². The Morgan fingerprint density at radius 2 is 1.91 bits per heavy atom. The SMILES string of the molecule is Cc1cc(C)c(C)c(O[C@@H](C)C(=O)NCc2ccccc2Cl)c1. The van der Waals surface area contributed by atoms with E-state index in [0.29, 0.717) is 11.6 Å². The molecule has 0 heterocycles. The van der Waals surface area contributed by atoms with E-state index >= 15 is 0 Å². The lowest BCUT2D eigenvalue weighted by molar-refractivity contribution is -0.127. The molecule has 1 atom stereocenters. The van der Waals surface area contributed by atoms with Crippen molar-refractivity contribution in [3.05, 3.63) is 63.7 Å². The minimum atomic E-state index is -0.572. The van der Waals surface area contributed by atoms with Gasteiger partial charge in [0.1, 0.15) is 5.75 Å². The zero-order chi connectivity index (χ0) is 17.0. The molecule has 0 saturated heterocycles. The van der Waals surface area contributed by atoms with Crippen molar-refractivity contribution in [2.24, 2.45) is 0 Å². The molecule has 0 spiro atoms. The fourth-order valence-electron chi connectivity index (χ4n) is 2.33. The Bertz CT molecular complexity index is 713. The number of ether oxygens (including phenoxy) is 1. The zero-order valence-electron chi connectivity index (χ0n) is 13.9. The third-order valence-corrected chi connectivity index (χ3v) is 4.22. The van der Waals surface area contributed by atoms with E-state index in [1.54, 1.807) is 6.92 Å². The van der Waals surface area contributed by atoms with Crippen molar-refractivity contribution >= 4 is 17.5 Å². The Morgan fingerprint density at radius 1 is 1.22 bits per heavy atom. The fourth-order valence-corrected chi connectivity index (χ4v) is 2.54. The third kappa shape index (κ3) is 4.49. The molecule has 2 rings (SSSR count). The predicted octanol–water partition coefficient (Wildman–Crippen LogP) is 4.35. The first kappa shape index (κ1) is 17.4. The number of carbonyl (C=O) groups excluding carboxylic acids is 1. The normalized spacial score (nSPS) is 11.9. The van der Waals surface area contributed by atoms with E-state index in [1.807, 2.05) is 51.1 Å². The molecule has 4 heteroatoms. The second-order valence-corrected chi connectivity index (χ2v) is 6.18. The molecule has 0 fully saturated rings. The number of amides is 1. The topological polar surface area (TPSA) is 38.3 Å². The fraction of sp³-hybridized carbons (Fsp3) is 0.316. The van der Waals surface area contributed by atoms with Crippen LogP contribution in [0.1, 0.15) is 29.2 Å². The highest BCUT2D eigenvalue weighted by atomic mass is 35.5. The van der Waals surface area contributed by atoms with Crippen LogP contribution < -0.4 is 10.1 Å². The van der Waals surface area contributed by atoms with Gasteiger partial charge in [-0.1, -0.05) is 35.9 Å². The van der Waals surface area contributed by atoms with E-state index in [0.717, 1.165) is 28.0 Å². The number of benzene rings is 2. The predicted molar refractivity (Wildman–Crippen MR) is 94.0 cm³/mol. The van der Waals surface area contributed by atoms with Crippen LogP contribution in [0.5, 0.6) is 5.75 Å². The van der Waals surface area contributed by atoms with Gasteiger partial charge in [0.2, 0.25) is 0 Å². The van der Waals surface area contributed by atoms with Crippen molar-refractivity contribution in [2.45, 2.75) is 40.3 Å². The van der Waals surface area contributed by atoms with Gasteiger partial charge in [0.05, 0.1) is 0 Å². The quantitative estimate of drug-likeness (QED) is 0.884. The van der Waals surface area contributed by atoms with Crippen LogP contribution in [0.4, 0.5) is 0 Å². The highest BCUT2D eigenvalue weighted by Gasteiger charge is 2.16. The summed E-state index contributed by atoms with van der Waals surface area (Å²) < 4.78 is 5.84. The van der Waals surface area contributed by atoms with Gasteiger partial charge in [0.15, 0.2) is 6.10 Å². The Hall–Kier alpha value is -2.00. The lowest BCUT2D eigenvalue weighted by Crippen LogP contribution is -2.36. The maximum absolute atomic E-state index is 12.2. The molecule has 0 unspecified atom stereocenters. The summed E-state index contributed by atoms with van der Waals surface area (Å²) in [6, 6.07) is 11.5. The molecule has 0 aromatic heterocycles. The zero-order valence-corrected chi connectivity index (χ0v) is 14.7. The van der Waals surface area contributed by atoms with Gasteiger partial charge in [-0.2, -0.15) is 0 Å². The molecule has 3 nitrogen and oxygen atoms in total. The van der Waals surface area contributed by atoms with Crippen molar-refractivity contribution < 1.29 is 9.53 Å². The maximum atomic E-state index is 12.2. The van der Waals surface area contributed by atoms with Crippen LogP contribution in [0.25, 0.3) is 0 Å². The first-order valence-corrected chi connectivity index (χ1v) is 8.02. The Labute approximate surface area is 142 Å². The third-order valence-electron chi connectivity index (χ3n) is 3.85. The van der Waals surface area contributed by atoms with Crippen molar-refractivity contribution in [3.8, 4) is 5.75 Å². The van der Waals surface area contributed by atoms with Crippen LogP contribution in [-0.2, 0) is 11.3 Å². The second-order valence-electron chi connectivity index (χ2n) is 5.77. The van der Waals surface area contributed by atoms with Gasteiger partial charge < -0.3 is 10.1 Å². The highest BCUT2D eigenvalue weighted by molar-refractivity contribution is 6.31. The smallest absolute Gasteiger partial charge is 0.261 e. The number of hydrogen-bond donors (Lipinski definition) is 1. The minimum absolute atomic E-state index is 0.163. The van der Waals surface area contributed by atoms with Gasteiger partial charge in [-0.25, -0.2) is 0 Å². The van der Waals surface area contributed by atoms with Crippen LogP contribution >= 0.6 is 11.6 Å². The van der Waals surface area contributed by atoms with Gasteiger partial charge in [0, 0.05) is 11.6 Å². The minimum Gasteiger partial charge on any atom is -0.481 e. The van der Waals surface area contributed by atoms with Gasteiger partial charge in [-0.3, -0.25) is 4.79 Å². The maximum Gasteiger partial charge on any atom is 0.261 e. The number of hydrogen-bond acceptors (Lipinski definition) is 2. The summed E-state index contributed by atoms with van der Waals surface area (Å²) in [5, 5.41) is 3.51. The van der Waals surface area contributed by atoms with E-state index in [1.165, 1.54) is 0 Å². The van der Waals surface area contributed by atoms with Gasteiger partial charge >= 0.3 is 0 Å².